The molecule has 5 heteroatoms. The van der Waals surface area contributed by atoms with Gasteiger partial charge in [-0.05, 0) is 6.42 Å². The summed E-state index contributed by atoms with van der Waals surface area (Å²) in [5.74, 6) is -4.80. The maximum absolute atomic E-state index is 11.8. The van der Waals surface area contributed by atoms with Crippen molar-refractivity contribution in [3.63, 3.8) is 0 Å². The number of epoxide rings is 1. The van der Waals surface area contributed by atoms with Crippen LogP contribution in [0, 0.1) is 0 Å². The summed E-state index contributed by atoms with van der Waals surface area (Å²) in [5.41, 5.74) is 0. The predicted octanol–water partition coefficient (Wildman–Crippen LogP) is 4.22. The van der Waals surface area contributed by atoms with E-state index in [2.05, 4.69) is 11.7 Å². The van der Waals surface area contributed by atoms with Crippen molar-refractivity contribution in [3.8, 4) is 0 Å². The second kappa shape index (κ2) is 12.8. The first-order valence-corrected chi connectivity index (χ1v) is 10.8. The SMILES string of the molecule is CCCCCCCCCCCCCCCCCC(=O)C1(O)OC1(O)CO. The van der Waals surface area contributed by atoms with Crippen molar-refractivity contribution < 1.29 is 24.9 Å². The minimum absolute atomic E-state index is 0.178. The monoisotopic (exact) mass is 372 g/mol. The van der Waals surface area contributed by atoms with E-state index in [-0.39, 0.29) is 6.42 Å². The quantitative estimate of drug-likeness (QED) is 0.248. The molecule has 0 aromatic carbocycles. The van der Waals surface area contributed by atoms with E-state index in [0.717, 1.165) is 12.8 Å². The number of unbranched alkanes of at least 4 members (excludes halogenated alkanes) is 14. The standard InChI is InChI=1S/C21H40O5/c1-2-3-4-5-6-7-8-9-10-11-12-13-14-15-16-17-19(23)21(25)20(24,18-22)26-21/h22,24-25H,2-18H2,1H3. The average molecular weight is 373 g/mol. The molecule has 1 fully saturated rings. The summed E-state index contributed by atoms with van der Waals surface area (Å²) in [4.78, 5) is 11.8. The van der Waals surface area contributed by atoms with Gasteiger partial charge in [-0.25, -0.2) is 0 Å². The molecule has 26 heavy (non-hydrogen) atoms. The summed E-state index contributed by atoms with van der Waals surface area (Å²) in [6.07, 6.45) is 19.0. The molecule has 2 atom stereocenters. The van der Waals surface area contributed by atoms with Crippen molar-refractivity contribution in [1.29, 1.82) is 0 Å². The molecule has 0 aromatic heterocycles. The zero-order chi connectivity index (χ0) is 19.3. The second-order valence-corrected chi connectivity index (χ2v) is 7.81. The number of hydrogen-bond donors (Lipinski definition) is 3. The summed E-state index contributed by atoms with van der Waals surface area (Å²) < 4.78 is 4.59. The maximum atomic E-state index is 11.8. The van der Waals surface area contributed by atoms with E-state index in [1.807, 2.05) is 0 Å². The summed E-state index contributed by atoms with van der Waals surface area (Å²) in [7, 11) is 0. The van der Waals surface area contributed by atoms with Gasteiger partial charge in [-0.15, -0.1) is 0 Å². The molecule has 0 spiro atoms. The third kappa shape index (κ3) is 8.03. The molecule has 3 N–H and O–H groups in total. The Morgan fingerprint density at radius 2 is 1.12 bits per heavy atom. The Labute approximate surface area is 159 Å². The van der Waals surface area contributed by atoms with E-state index < -0.39 is 24.0 Å². The number of ether oxygens (including phenoxy) is 1. The van der Waals surface area contributed by atoms with Crippen molar-refractivity contribution in [1.82, 2.24) is 0 Å². The van der Waals surface area contributed by atoms with Gasteiger partial charge in [0.15, 0.2) is 5.78 Å². The summed E-state index contributed by atoms with van der Waals surface area (Å²) in [5, 5.41) is 28.1. The van der Waals surface area contributed by atoms with Gasteiger partial charge < -0.3 is 15.3 Å². The van der Waals surface area contributed by atoms with E-state index in [4.69, 9.17) is 5.11 Å². The lowest BCUT2D eigenvalue weighted by Crippen LogP contribution is -2.36. The van der Waals surface area contributed by atoms with Crippen LogP contribution in [0.5, 0.6) is 0 Å². The van der Waals surface area contributed by atoms with Gasteiger partial charge in [0.25, 0.3) is 11.6 Å². The van der Waals surface area contributed by atoms with Crippen LogP contribution in [0.15, 0.2) is 0 Å². The fraction of sp³-hybridized carbons (Fsp3) is 0.952. The third-order valence-electron chi connectivity index (χ3n) is 5.40. The number of rotatable bonds is 18. The number of carbonyl (C=O) groups excluding carboxylic acids is 1. The highest BCUT2D eigenvalue weighted by Crippen LogP contribution is 2.44. The van der Waals surface area contributed by atoms with Crippen molar-refractivity contribution in [2.45, 2.75) is 121 Å². The van der Waals surface area contributed by atoms with Gasteiger partial charge in [0.05, 0.1) is 0 Å². The Bertz CT molecular complexity index is 387. The van der Waals surface area contributed by atoms with Crippen LogP contribution in [-0.2, 0) is 9.53 Å². The molecule has 2 unspecified atom stereocenters. The van der Waals surface area contributed by atoms with Gasteiger partial charge in [-0.2, -0.15) is 0 Å². The highest BCUT2D eigenvalue weighted by atomic mass is 16.8. The average Bonchev–Trinajstić information content (AvgIpc) is 3.21. The highest BCUT2D eigenvalue weighted by Gasteiger charge is 2.74. The van der Waals surface area contributed by atoms with Crippen LogP contribution < -0.4 is 0 Å². The lowest BCUT2D eigenvalue weighted by molar-refractivity contribution is -0.138. The van der Waals surface area contributed by atoms with Crippen LogP contribution in [0.25, 0.3) is 0 Å². The molecular weight excluding hydrogens is 332 g/mol. The number of ketones is 1. The Morgan fingerprint density at radius 1 is 0.731 bits per heavy atom. The van der Waals surface area contributed by atoms with Crippen LogP contribution in [0.4, 0.5) is 0 Å². The zero-order valence-electron chi connectivity index (χ0n) is 16.7. The molecule has 0 aliphatic carbocycles. The zero-order valence-corrected chi connectivity index (χ0v) is 16.7. The minimum Gasteiger partial charge on any atom is -0.391 e. The minimum atomic E-state index is -2.18. The Hall–Kier alpha value is -0.490. The first-order chi connectivity index (χ1) is 12.5. The largest absolute Gasteiger partial charge is 0.391 e. The fourth-order valence-corrected chi connectivity index (χ4v) is 3.46. The molecule has 1 heterocycles. The third-order valence-corrected chi connectivity index (χ3v) is 5.40. The molecule has 1 aliphatic heterocycles. The first-order valence-electron chi connectivity index (χ1n) is 10.8. The smallest absolute Gasteiger partial charge is 0.287 e. The molecule has 5 nitrogen and oxygen atoms in total. The molecular formula is C21H40O5. The van der Waals surface area contributed by atoms with Crippen LogP contribution >= 0.6 is 0 Å². The van der Waals surface area contributed by atoms with Crippen LogP contribution in [0.1, 0.15) is 110 Å². The lowest BCUT2D eigenvalue weighted by Gasteiger charge is -2.07. The molecule has 0 saturated carbocycles. The molecule has 1 rings (SSSR count). The van der Waals surface area contributed by atoms with Crippen LogP contribution in [-0.4, -0.2) is 39.3 Å². The van der Waals surface area contributed by atoms with Crippen molar-refractivity contribution in [3.05, 3.63) is 0 Å². The second-order valence-electron chi connectivity index (χ2n) is 7.81. The van der Waals surface area contributed by atoms with E-state index in [0.29, 0.717) is 6.42 Å². The van der Waals surface area contributed by atoms with Crippen LogP contribution in [0.2, 0.25) is 0 Å². The van der Waals surface area contributed by atoms with Crippen LogP contribution in [0.3, 0.4) is 0 Å². The molecule has 0 amide bonds. The van der Waals surface area contributed by atoms with E-state index in [1.54, 1.807) is 0 Å². The summed E-state index contributed by atoms with van der Waals surface area (Å²) in [6.45, 7) is 1.49. The Kier molecular flexibility index (Phi) is 11.6. The molecule has 0 aromatic rings. The van der Waals surface area contributed by atoms with E-state index in [1.165, 1.54) is 77.0 Å². The topological polar surface area (TPSA) is 90.3 Å². The Morgan fingerprint density at radius 3 is 1.46 bits per heavy atom. The molecule has 1 aliphatic rings. The fourth-order valence-electron chi connectivity index (χ4n) is 3.46. The van der Waals surface area contributed by atoms with Gasteiger partial charge in [0, 0.05) is 6.42 Å². The van der Waals surface area contributed by atoms with Gasteiger partial charge in [-0.3, -0.25) is 9.53 Å². The van der Waals surface area contributed by atoms with Gasteiger partial charge in [-0.1, -0.05) is 96.8 Å². The van der Waals surface area contributed by atoms with E-state index >= 15 is 0 Å². The highest BCUT2D eigenvalue weighted by molar-refractivity contribution is 5.89. The van der Waals surface area contributed by atoms with Crippen molar-refractivity contribution in [2.24, 2.45) is 0 Å². The Balaban J connectivity index is 1.81. The molecule has 154 valence electrons. The first kappa shape index (κ1) is 23.5. The number of Topliss-reactive ketones (excluding diaryl/α,β-unsaturated/α-hetero) is 1. The summed E-state index contributed by atoms with van der Waals surface area (Å²) in [6, 6.07) is 0. The molecule has 1 saturated heterocycles. The predicted molar refractivity (Wildman–Crippen MR) is 103 cm³/mol. The van der Waals surface area contributed by atoms with Gasteiger partial charge in [0.1, 0.15) is 6.61 Å². The normalized spacial score (nSPS) is 24.8. The summed E-state index contributed by atoms with van der Waals surface area (Å²) >= 11 is 0. The molecule has 0 radical (unpaired) electrons. The lowest BCUT2D eigenvalue weighted by atomic mass is 10.0. The van der Waals surface area contributed by atoms with Gasteiger partial charge in [0.2, 0.25) is 0 Å². The van der Waals surface area contributed by atoms with E-state index in [9.17, 15) is 15.0 Å². The number of hydrogen-bond acceptors (Lipinski definition) is 5. The number of aliphatic hydroxyl groups excluding tert-OH is 1. The molecule has 0 bridgehead atoms. The number of carbonyl (C=O) groups is 1. The van der Waals surface area contributed by atoms with Crippen molar-refractivity contribution >= 4 is 5.78 Å². The van der Waals surface area contributed by atoms with Gasteiger partial charge >= 0.3 is 0 Å². The number of aliphatic hydroxyl groups is 3. The maximum Gasteiger partial charge on any atom is 0.287 e. The van der Waals surface area contributed by atoms with Crippen molar-refractivity contribution in [2.75, 3.05) is 6.61 Å².